The Hall–Kier alpha value is -8.99. The van der Waals surface area contributed by atoms with Crippen LogP contribution in [0.1, 0.15) is 22.3 Å². The molecule has 0 unspecified atom stereocenters. The van der Waals surface area contributed by atoms with Crippen molar-refractivity contribution >= 4 is 21.8 Å². The van der Waals surface area contributed by atoms with Gasteiger partial charge >= 0.3 is 0 Å². The second kappa shape index (κ2) is 15.0. The summed E-state index contributed by atoms with van der Waals surface area (Å²) in [6, 6.07) is 87.6. The van der Waals surface area contributed by atoms with Crippen molar-refractivity contribution in [3.05, 3.63) is 265 Å². The molecule has 2 aliphatic rings. The van der Waals surface area contributed by atoms with Crippen LogP contribution in [0.25, 0.3) is 106 Å². The lowest BCUT2D eigenvalue weighted by atomic mass is 9.65. The molecule has 0 bridgehead atoms. The van der Waals surface area contributed by atoms with Gasteiger partial charge in [0.05, 0.1) is 22.1 Å². The second-order valence-corrected chi connectivity index (χ2v) is 17.9. The van der Waals surface area contributed by atoms with Crippen LogP contribution in [-0.4, -0.2) is 19.5 Å². The van der Waals surface area contributed by atoms with E-state index in [1.165, 1.54) is 72.0 Å². The molecule has 4 nitrogen and oxygen atoms in total. The van der Waals surface area contributed by atoms with Gasteiger partial charge in [0.25, 0.3) is 0 Å². The van der Waals surface area contributed by atoms with Gasteiger partial charge in [-0.05, 0) is 85.0 Å². The van der Waals surface area contributed by atoms with Gasteiger partial charge < -0.3 is 4.57 Å². The molecule has 0 atom stereocenters. The summed E-state index contributed by atoms with van der Waals surface area (Å²) < 4.78 is 2.51. The third kappa shape index (κ3) is 5.71. The average Bonchev–Trinajstić information content (AvgIpc) is 3.92. The quantitative estimate of drug-likeness (QED) is 0.167. The summed E-state index contributed by atoms with van der Waals surface area (Å²) in [6.07, 6.45) is 0. The van der Waals surface area contributed by atoms with Crippen LogP contribution in [0.4, 0.5) is 0 Å². The smallest absolute Gasteiger partial charge is 0.164 e. The molecule has 0 amide bonds. The normalized spacial score (nSPS) is 12.8. The van der Waals surface area contributed by atoms with E-state index in [1.54, 1.807) is 0 Å². The van der Waals surface area contributed by atoms with Crippen molar-refractivity contribution in [2.24, 2.45) is 0 Å². The zero-order valence-electron chi connectivity index (χ0n) is 36.9. The van der Waals surface area contributed by atoms with Crippen LogP contribution in [0.15, 0.2) is 243 Å². The molecule has 0 fully saturated rings. The van der Waals surface area contributed by atoms with Crippen molar-refractivity contribution in [3.8, 4) is 84.4 Å². The molecular formula is C64H40N4. The highest BCUT2D eigenvalue weighted by Crippen LogP contribution is 2.61. The van der Waals surface area contributed by atoms with Crippen molar-refractivity contribution in [2.75, 3.05) is 0 Å². The summed E-state index contributed by atoms with van der Waals surface area (Å²) in [4.78, 5) is 15.3. The molecule has 10 aromatic carbocycles. The van der Waals surface area contributed by atoms with Crippen molar-refractivity contribution in [1.29, 1.82) is 0 Å². The number of benzene rings is 10. The van der Waals surface area contributed by atoms with E-state index in [1.807, 2.05) is 24.3 Å². The number of hydrogen-bond acceptors (Lipinski definition) is 3. The molecule has 1 aliphatic heterocycles. The van der Waals surface area contributed by atoms with Gasteiger partial charge in [-0.3, -0.25) is 0 Å². The zero-order valence-corrected chi connectivity index (χ0v) is 36.9. The molecule has 0 radical (unpaired) electrons. The van der Waals surface area contributed by atoms with Crippen LogP contribution in [0.2, 0.25) is 0 Å². The fourth-order valence-corrected chi connectivity index (χ4v) is 11.2. The Morgan fingerprint density at radius 2 is 0.676 bits per heavy atom. The maximum Gasteiger partial charge on any atom is 0.164 e. The van der Waals surface area contributed by atoms with E-state index in [0.717, 1.165) is 38.9 Å². The fraction of sp³-hybridized carbons (Fsp3) is 0.0156. The van der Waals surface area contributed by atoms with Gasteiger partial charge in [0, 0.05) is 27.5 Å². The van der Waals surface area contributed by atoms with Gasteiger partial charge in [-0.1, -0.05) is 224 Å². The van der Waals surface area contributed by atoms with E-state index in [9.17, 15) is 0 Å². The van der Waals surface area contributed by atoms with Crippen LogP contribution in [0, 0.1) is 0 Å². The summed E-state index contributed by atoms with van der Waals surface area (Å²) in [6.45, 7) is 0. The maximum atomic E-state index is 5.13. The fourth-order valence-electron chi connectivity index (χ4n) is 11.2. The topological polar surface area (TPSA) is 43.6 Å². The Labute approximate surface area is 394 Å². The van der Waals surface area contributed by atoms with Gasteiger partial charge in [-0.15, -0.1) is 0 Å². The Morgan fingerprint density at radius 1 is 0.279 bits per heavy atom. The minimum atomic E-state index is -0.511. The lowest BCUT2D eigenvalue weighted by Gasteiger charge is -2.40. The Kier molecular flexibility index (Phi) is 8.46. The van der Waals surface area contributed by atoms with Crippen LogP contribution >= 0.6 is 0 Å². The average molecular weight is 865 g/mol. The van der Waals surface area contributed by atoms with E-state index in [4.69, 9.17) is 15.0 Å². The first kappa shape index (κ1) is 38.3. The molecule has 1 spiro atoms. The van der Waals surface area contributed by atoms with Crippen molar-refractivity contribution in [3.63, 3.8) is 0 Å². The molecule has 3 heterocycles. The third-order valence-electron chi connectivity index (χ3n) is 14.3. The number of aromatic nitrogens is 4. The van der Waals surface area contributed by atoms with Crippen molar-refractivity contribution < 1.29 is 0 Å². The Morgan fingerprint density at radius 3 is 1.25 bits per heavy atom. The van der Waals surface area contributed by atoms with Gasteiger partial charge in [-0.25, -0.2) is 15.0 Å². The number of para-hydroxylation sites is 2. The van der Waals surface area contributed by atoms with E-state index >= 15 is 0 Å². The predicted octanol–water partition coefficient (Wildman–Crippen LogP) is 15.6. The minimum Gasteiger partial charge on any atom is -0.309 e. The van der Waals surface area contributed by atoms with Crippen LogP contribution < -0.4 is 0 Å². The molecule has 0 N–H and O–H groups in total. The van der Waals surface area contributed by atoms with Crippen molar-refractivity contribution in [1.82, 2.24) is 19.5 Å². The first-order valence-electron chi connectivity index (χ1n) is 23.3. The SMILES string of the molecule is c1ccc(-c2ccc(-c3ccc(-c4nc(-c5ccccc5)nc(-c5ccc(-c6ccc7c(c6)C6(c8ccccc8-c8ccccc86)c6cccc8c9ccccc9n-7c68)cc5)n4)cc3)cc2)cc1. The molecule has 0 saturated carbocycles. The van der Waals surface area contributed by atoms with E-state index in [-0.39, 0.29) is 0 Å². The van der Waals surface area contributed by atoms with Crippen LogP contribution in [0.5, 0.6) is 0 Å². The highest BCUT2D eigenvalue weighted by atomic mass is 15.0. The summed E-state index contributed by atoms with van der Waals surface area (Å²) in [5.41, 5.74) is 20.8. The summed E-state index contributed by atoms with van der Waals surface area (Å²) >= 11 is 0. The van der Waals surface area contributed by atoms with E-state index in [2.05, 4.69) is 223 Å². The molecule has 14 rings (SSSR count). The molecule has 68 heavy (non-hydrogen) atoms. The van der Waals surface area contributed by atoms with Crippen molar-refractivity contribution in [2.45, 2.75) is 5.41 Å². The number of rotatable bonds is 6. The zero-order chi connectivity index (χ0) is 44.8. The molecule has 316 valence electrons. The number of hydrogen-bond donors (Lipinski definition) is 0. The molecule has 1 aliphatic carbocycles. The monoisotopic (exact) mass is 864 g/mol. The summed E-state index contributed by atoms with van der Waals surface area (Å²) in [5.74, 6) is 1.90. The second-order valence-electron chi connectivity index (χ2n) is 17.9. The molecule has 12 aromatic rings. The molecule has 0 saturated heterocycles. The summed E-state index contributed by atoms with van der Waals surface area (Å²) in [7, 11) is 0. The van der Waals surface area contributed by atoms with E-state index < -0.39 is 5.41 Å². The first-order chi connectivity index (χ1) is 33.7. The predicted molar refractivity (Wildman–Crippen MR) is 278 cm³/mol. The van der Waals surface area contributed by atoms with Crippen LogP contribution in [-0.2, 0) is 5.41 Å². The van der Waals surface area contributed by atoms with Gasteiger partial charge in [0.1, 0.15) is 0 Å². The van der Waals surface area contributed by atoms with Gasteiger partial charge in [0.15, 0.2) is 17.5 Å². The highest BCUT2D eigenvalue weighted by molar-refractivity contribution is 6.13. The molecular weight excluding hydrogens is 825 g/mol. The number of fused-ring (bicyclic) bond motifs is 12. The van der Waals surface area contributed by atoms with E-state index in [0.29, 0.717) is 17.5 Å². The van der Waals surface area contributed by atoms with Crippen LogP contribution in [0.3, 0.4) is 0 Å². The molecule has 2 aromatic heterocycles. The third-order valence-corrected chi connectivity index (χ3v) is 14.3. The maximum absolute atomic E-state index is 5.13. The standard InChI is InChI=1S/C64H40N4/c1-3-14-41(15-4-1)42-26-28-43(29-27-42)44-30-34-47(35-31-44)62-65-61(46-16-5-2-6-17-46)66-63(67-62)48-36-32-45(33-37-48)49-38-39-59-57(40-49)64(54-22-10-7-18-50(54)51-19-8-11-23-55(51)64)56-24-13-21-53-52-20-9-12-25-58(52)68(59)60(53)56/h1-40H. The molecule has 4 heteroatoms. The first-order valence-corrected chi connectivity index (χ1v) is 23.3. The summed E-state index contributed by atoms with van der Waals surface area (Å²) in [5, 5.41) is 2.55. The Bertz CT molecular complexity index is 3880. The lowest BCUT2D eigenvalue weighted by Crippen LogP contribution is -2.33. The lowest BCUT2D eigenvalue weighted by molar-refractivity contribution is 0.749. The van der Waals surface area contributed by atoms with Gasteiger partial charge in [-0.2, -0.15) is 0 Å². The van der Waals surface area contributed by atoms with Gasteiger partial charge in [0.2, 0.25) is 0 Å². The minimum absolute atomic E-state index is 0.511. The number of nitrogens with zero attached hydrogens (tertiary/aromatic N) is 4. The Balaban J connectivity index is 0.872. The highest BCUT2D eigenvalue weighted by Gasteiger charge is 2.50. The largest absolute Gasteiger partial charge is 0.309 e.